The van der Waals surface area contributed by atoms with E-state index in [0.717, 1.165) is 28.2 Å². The summed E-state index contributed by atoms with van der Waals surface area (Å²) in [5, 5.41) is 7.27. The molecule has 55 heavy (non-hydrogen) atoms. The molecule has 0 bridgehead atoms. The van der Waals surface area contributed by atoms with Gasteiger partial charge in [0.25, 0.3) is 33.7 Å². The van der Waals surface area contributed by atoms with Gasteiger partial charge >= 0.3 is 0 Å². The van der Waals surface area contributed by atoms with E-state index in [1.54, 1.807) is 50.6 Å². The van der Waals surface area contributed by atoms with Gasteiger partial charge in [-0.25, -0.2) is 0 Å². The summed E-state index contributed by atoms with van der Waals surface area (Å²) in [4.78, 5) is 56.5. The molecule has 0 saturated carbocycles. The number of methoxy groups -OCH3 is 2. The second kappa shape index (κ2) is 16.6. The van der Waals surface area contributed by atoms with E-state index < -0.39 is 33.7 Å². The molecular weight excluding hydrogens is 725 g/mol. The highest BCUT2D eigenvalue weighted by molar-refractivity contribution is 7.85. The van der Waals surface area contributed by atoms with Crippen molar-refractivity contribution in [1.82, 2.24) is 20.4 Å². The number of rotatable bonds is 13. The first-order valence-electron chi connectivity index (χ1n) is 17.5. The Labute approximate surface area is 318 Å². The summed E-state index contributed by atoms with van der Waals surface area (Å²) >= 11 is 0. The van der Waals surface area contributed by atoms with E-state index in [1.165, 1.54) is 21.9 Å². The number of hydrogen-bond donors (Lipinski definition) is 3. The molecule has 5 aromatic rings. The Balaban J connectivity index is 0.000000403. The number of para-hydroxylation sites is 2. The summed E-state index contributed by atoms with van der Waals surface area (Å²) in [6.45, 7) is 3.93. The third-order valence-corrected chi connectivity index (χ3v) is 10.3. The molecule has 284 valence electrons. The minimum absolute atomic E-state index is 0.0666. The lowest BCUT2D eigenvalue weighted by Gasteiger charge is -2.32. The van der Waals surface area contributed by atoms with Crippen molar-refractivity contribution >= 4 is 44.5 Å². The van der Waals surface area contributed by atoms with Crippen LogP contribution in [0.2, 0.25) is 0 Å². The van der Waals surface area contributed by atoms with E-state index in [-0.39, 0.29) is 18.0 Å². The van der Waals surface area contributed by atoms with Gasteiger partial charge in [-0.3, -0.25) is 33.5 Å². The quantitative estimate of drug-likeness (QED) is 0.0849. The van der Waals surface area contributed by atoms with Crippen molar-refractivity contribution < 1.29 is 41.6 Å². The average Bonchev–Trinajstić information content (AvgIpc) is 3.18. The Bertz CT molecular complexity index is 2200. The first-order valence-corrected chi connectivity index (χ1v) is 18.9. The van der Waals surface area contributed by atoms with Crippen molar-refractivity contribution in [3.05, 3.63) is 136 Å². The molecule has 4 amide bonds. The molecule has 2 aliphatic heterocycles. The van der Waals surface area contributed by atoms with Crippen LogP contribution in [0, 0.1) is 6.92 Å². The van der Waals surface area contributed by atoms with Crippen LogP contribution in [0.15, 0.2) is 102 Å². The van der Waals surface area contributed by atoms with Gasteiger partial charge in [0, 0.05) is 83.4 Å². The number of nitrogens with zero attached hydrogens (tertiary/aromatic N) is 2. The Hall–Kier alpha value is -5.93. The first kappa shape index (κ1) is 38.8. The van der Waals surface area contributed by atoms with E-state index in [0.29, 0.717) is 59.2 Å². The Morgan fingerprint density at radius 3 is 1.27 bits per heavy atom. The third kappa shape index (κ3) is 8.12. The predicted octanol–water partition coefficient (Wildman–Crippen LogP) is 4.87. The zero-order valence-corrected chi connectivity index (χ0v) is 31.3. The fraction of sp³-hybridized carbons (Fsp3) is 0.220. The zero-order chi connectivity index (χ0) is 39.3. The summed E-state index contributed by atoms with van der Waals surface area (Å²) in [7, 11) is -0.800. The van der Waals surface area contributed by atoms with Gasteiger partial charge in [0.1, 0.15) is 11.5 Å². The highest BCUT2D eigenvalue weighted by Crippen LogP contribution is 2.37. The van der Waals surface area contributed by atoms with Gasteiger partial charge < -0.3 is 20.1 Å². The number of ether oxygens (including phenoxy) is 2. The molecule has 0 unspecified atom stereocenters. The molecule has 3 N–H and O–H groups in total. The van der Waals surface area contributed by atoms with E-state index in [1.807, 2.05) is 55.5 Å². The largest absolute Gasteiger partial charge is 0.496 e. The number of carbonyl (C=O) groups is 4. The summed E-state index contributed by atoms with van der Waals surface area (Å²) in [5.41, 5.74) is 4.10. The number of carbonyl (C=O) groups excluding carboxylic acids is 4. The molecule has 2 heterocycles. The molecule has 2 aliphatic rings. The smallest absolute Gasteiger partial charge is 0.294 e. The van der Waals surface area contributed by atoms with Crippen molar-refractivity contribution in [2.45, 2.75) is 24.9 Å². The maximum Gasteiger partial charge on any atom is 0.294 e. The number of aryl methyl sites for hydroxylation is 1. The molecule has 7 rings (SSSR count). The maximum absolute atomic E-state index is 13.5. The van der Waals surface area contributed by atoms with Gasteiger partial charge in [-0.2, -0.15) is 8.42 Å². The average molecular weight is 765 g/mol. The standard InChI is InChI=1S/C34H32N4O6.C7H8O3S/c1-43-27-9-5-3-7-21(27)19-35-15-17-37-31(39)23-11-13-25-30-26(14-12-24(29(23)30)32(37)40)34(42)38(33(25)41)18-16-36-20-22-8-4-6-10-28(22)44-2;1-6-2-4-7(5-3-6)11(8,9)10/h3-14,35-36H,15-20H2,1-2H3;2-5H,1H3,(H,8,9,10). The van der Waals surface area contributed by atoms with Crippen LogP contribution in [0.5, 0.6) is 11.5 Å². The number of hydrogen-bond acceptors (Lipinski definition) is 10. The van der Waals surface area contributed by atoms with Gasteiger partial charge in [-0.05, 0) is 55.5 Å². The number of amides is 4. The normalized spacial score (nSPS) is 13.5. The van der Waals surface area contributed by atoms with Crippen molar-refractivity contribution in [3.8, 4) is 11.5 Å². The molecule has 0 atom stereocenters. The number of nitrogens with one attached hydrogen (secondary N) is 2. The third-order valence-electron chi connectivity index (χ3n) is 9.42. The summed E-state index contributed by atoms with van der Waals surface area (Å²) in [5.74, 6) is -0.293. The second-order valence-electron chi connectivity index (χ2n) is 12.9. The van der Waals surface area contributed by atoms with Gasteiger partial charge in [-0.1, -0.05) is 54.1 Å². The minimum Gasteiger partial charge on any atom is -0.496 e. The summed E-state index contributed by atoms with van der Waals surface area (Å²) in [6.07, 6.45) is 0. The van der Waals surface area contributed by atoms with Crippen molar-refractivity contribution in [3.63, 3.8) is 0 Å². The summed E-state index contributed by atoms with van der Waals surface area (Å²) in [6, 6.07) is 27.6. The van der Waals surface area contributed by atoms with E-state index in [2.05, 4.69) is 10.6 Å². The second-order valence-corrected chi connectivity index (χ2v) is 14.3. The molecule has 13 nitrogen and oxygen atoms in total. The SMILES string of the molecule is COc1ccccc1CNCCN1C(=O)c2ccc3c4c(ccc(c24)C1=O)C(=O)N(CCNCc1ccccc1OC)C3=O.Cc1ccc(S(=O)(=O)O)cc1. The van der Waals surface area contributed by atoms with Crippen LogP contribution in [0.1, 0.15) is 58.1 Å². The lowest BCUT2D eigenvalue weighted by molar-refractivity contribution is 0.0590. The molecule has 0 radical (unpaired) electrons. The lowest BCUT2D eigenvalue weighted by atomic mass is 9.86. The maximum atomic E-state index is 13.5. The molecule has 14 heteroatoms. The summed E-state index contributed by atoms with van der Waals surface area (Å²) < 4.78 is 40.3. The molecule has 0 saturated heterocycles. The fourth-order valence-electron chi connectivity index (χ4n) is 6.62. The van der Waals surface area contributed by atoms with Crippen molar-refractivity contribution in [2.24, 2.45) is 0 Å². The van der Waals surface area contributed by atoms with Gasteiger partial charge in [-0.15, -0.1) is 0 Å². The fourth-order valence-corrected chi connectivity index (χ4v) is 7.10. The van der Waals surface area contributed by atoms with Crippen LogP contribution in [0.4, 0.5) is 0 Å². The predicted molar refractivity (Wildman–Crippen MR) is 205 cm³/mol. The van der Waals surface area contributed by atoms with E-state index >= 15 is 0 Å². The van der Waals surface area contributed by atoms with Crippen LogP contribution in [0.25, 0.3) is 10.8 Å². The van der Waals surface area contributed by atoms with Crippen molar-refractivity contribution in [2.75, 3.05) is 40.4 Å². The van der Waals surface area contributed by atoms with Gasteiger partial charge in [0.05, 0.1) is 19.1 Å². The topological polar surface area (TPSA) is 172 Å². The number of benzene rings is 5. The highest BCUT2D eigenvalue weighted by atomic mass is 32.2. The Morgan fingerprint density at radius 1 is 0.564 bits per heavy atom. The van der Waals surface area contributed by atoms with Crippen LogP contribution in [0.3, 0.4) is 0 Å². The molecular formula is C41H40N4O9S. The zero-order valence-electron chi connectivity index (χ0n) is 30.5. The van der Waals surface area contributed by atoms with Crippen LogP contribution in [-0.2, 0) is 23.2 Å². The molecule has 0 aromatic heterocycles. The van der Waals surface area contributed by atoms with Crippen molar-refractivity contribution in [1.29, 1.82) is 0 Å². The van der Waals surface area contributed by atoms with Gasteiger partial charge in [0.2, 0.25) is 0 Å². The minimum atomic E-state index is -4.02. The number of imide groups is 2. The molecule has 0 aliphatic carbocycles. The Kier molecular flexibility index (Phi) is 11.7. The monoisotopic (exact) mass is 764 g/mol. The van der Waals surface area contributed by atoms with Crippen LogP contribution in [-0.4, -0.2) is 86.8 Å². The molecule has 5 aromatic carbocycles. The van der Waals surface area contributed by atoms with Crippen LogP contribution >= 0.6 is 0 Å². The van der Waals surface area contributed by atoms with E-state index in [9.17, 15) is 27.6 Å². The molecule has 0 spiro atoms. The Morgan fingerprint density at radius 2 is 0.927 bits per heavy atom. The van der Waals surface area contributed by atoms with Crippen LogP contribution < -0.4 is 20.1 Å². The van der Waals surface area contributed by atoms with E-state index in [4.69, 9.17) is 14.0 Å². The van der Waals surface area contributed by atoms with Gasteiger partial charge in [0.15, 0.2) is 0 Å². The first-order chi connectivity index (χ1) is 26.4. The highest BCUT2D eigenvalue weighted by Gasteiger charge is 2.39. The molecule has 0 fully saturated rings. The lowest BCUT2D eigenvalue weighted by Crippen LogP contribution is -2.46.